The standard InChI is InChI=1S/C27H28N2O6/c1-6-14(26(32)33)21-24(31)20-18(35-27(21,2)3)12-17(34-5)19-22(20)29(4)25-15(23(19)30)11-13-9-7-8-10-16(13)28-25/h7-12,14,21,24,31H,6H2,1-5H3,(H,32,33)/t14?,21-,24-/m1/s1. The lowest BCUT2D eigenvalue weighted by Gasteiger charge is -2.45. The van der Waals surface area contributed by atoms with Crippen LogP contribution in [0, 0.1) is 11.8 Å². The Morgan fingerprint density at radius 2 is 2.00 bits per heavy atom. The highest BCUT2D eigenvalue weighted by Crippen LogP contribution is 2.51. The third kappa shape index (κ3) is 3.27. The summed E-state index contributed by atoms with van der Waals surface area (Å²) in [4.78, 5) is 30.7. The normalized spacial score (nSPS) is 19.9. The van der Waals surface area contributed by atoms with Crippen molar-refractivity contribution in [3.8, 4) is 11.5 Å². The van der Waals surface area contributed by atoms with Gasteiger partial charge in [0.15, 0.2) is 0 Å². The minimum atomic E-state index is -1.19. The number of aliphatic hydroxyl groups is 1. The Balaban J connectivity index is 1.93. The highest BCUT2D eigenvalue weighted by Gasteiger charge is 2.50. The number of nitrogens with zero attached hydrogens (tertiary/aromatic N) is 2. The van der Waals surface area contributed by atoms with Crippen molar-refractivity contribution in [2.75, 3.05) is 7.11 Å². The van der Waals surface area contributed by atoms with E-state index in [-0.39, 0.29) is 5.43 Å². The molecule has 0 saturated heterocycles. The second-order valence-corrected chi connectivity index (χ2v) is 9.68. The van der Waals surface area contributed by atoms with Crippen molar-refractivity contribution in [2.45, 2.75) is 38.9 Å². The predicted molar refractivity (Wildman–Crippen MR) is 133 cm³/mol. The Morgan fingerprint density at radius 3 is 2.66 bits per heavy atom. The van der Waals surface area contributed by atoms with E-state index in [0.29, 0.717) is 45.4 Å². The molecule has 8 nitrogen and oxygen atoms in total. The molecule has 1 aliphatic rings. The molecule has 4 aromatic rings. The number of para-hydroxylation sites is 1. The largest absolute Gasteiger partial charge is 0.496 e. The average molecular weight is 477 g/mol. The summed E-state index contributed by atoms with van der Waals surface area (Å²) >= 11 is 0. The van der Waals surface area contributed by atoms with Gasteiger partial charge in [0.2, 0.25) is 5.43 Å². The second kappa shape index (κ2) is 7.95. The minimum absolute atomic E-state index is 0.273. The van der Waals surface area contributed by atoms with Gasteiger partial charge in [-0.1, -0.05) is 25.1 Å². The number of carboxylic acids is 1. The molecule has 0 saturated carbocycles. The van der Waals surface area contributed by atoms with Crippen LogP contribution in [-0.4, -0.2) is 38.4 Å². The molecule has 35 heavy (non-hydrogen) atoms. The van der Waals surface area contributed by atoms with Crippen molar-refractivity contribution in [3.05, 3.63) is 52.2 Å². The lowest BCUT2D eigenvalue weighted by molar-refractivity contribution is -0.154. The van der Waals surface area contributed by atoms with Gasteiger partial charge in [-0.15, -0.1) is 0 Å². The number of aliphatic carboxylic acids is 1. The number of carboxylic acid groups (broad SMARTS) is 1. The lowest BCUT2D eigenvalue weighted by Crippen LogP contribution is -2.50. The molecule has 2 aromatic carbocycles. The molecule has 1 aliphatic heterocycles. The third-order valence-corrected chi connectivity index (χ3v) is 7.32. The summed E-state index contributed by atoms with van der Waals surface area (Å²) in [5.41, 5.74) is 0.738. The molecule has 3 heterocycles. The van der Waals surface area contributed by atoms with E-state index < -0.39 is 29.5 Å². The summed E-state index contributed by atoms with van der Waals surface area (Å²) in [5.74, 6) is -1.91. The molecule has 182 valence electrons. The maximum absolute atomic E-state index is 13.8. The Morgan fingerprint density at radius 1 is 1.29 bits per heavy atom. The SMILES string of the molecule is CCC(C(=O)O)[C@@H]1[C@H](O)c2c(cc(OC)c3c(=O)c4cc5ccccc5nc4n(C)c23)OC1(C)C. The van der Waals surface area contributed by atoms with Crippen LogP contribution < -0.4 is 14.9 Å². The van der Waals surface area contributed by atoms with Crippen molar-refractivity contribution in [3.63, 3.8) is 0 Å². The van der Waals surface area contributed by atoms with Crippen LogP contribution >= 0.6 is 0 Å². The van der Waals surface area contributed by atoms with Gasteiger partial charge in [0, 0.05) is 30.0 Å². The van der Waals surface area contributed by atoms with Crippen molar-refractivity contribution >= 4 is 38.8 Å². The highest BCUT2D eigenvalue weighted by atomic mass is 16.5. The van der Waals surface area contributed by atoms with Crippen molar-refractivity contribution in [1.29, 1.82) is 0 Å². The van der Waals surface area contributed by atoms with Gasteiger partial charge in [-0.3, -0.25) is 9.59 Å². The van der Waals surface area contributed by atoms with Gasteiger partial charge >= 0.3 is 5.97 Å². The van der Waals surface area contributed by atoms with Crippen molar-refractivity contribution in [1.82, 2.24) is 9.55 Å². The molecule has 5 rings (SSSR count). The number of rotatable bonds is 4. The fraction of sp³-hybridized carbons (Fsp3) is 0.370. The predicted octanol–water partition coefficient (Wildman–Crippen LogP) is 4.18. The van der Waals surface area contributed by atoms with E-state index in [9.17, 15) is 19.8 Å². The first-order valence-electron chi connectivity index (χ1n) is 11.6. The molecule has 0 fully saturated rings. The molecule has 0 radical (unpaired) electrons. The monoisotopic (exact) mass is 476 g/mol. The highest BCUT2D eigenvalue weighted by molar-refractivity contribution is 6.01. The van der Waals surface area contributed by atoms with Crippen molar-refractivity contribution in [2.24, 2.45) is 18.9 Å². The van der Waals surface area contributed by atoms with Crippen LogP contribution in [0.25, 0.3) is 32.8 Å². The van der Waals surface area contributed by atoms with Gasteiger partial charge in [0.1, 0.15) is 22.7 Å². The molecule has 0 spiro atoms. The van der Waals surface area contributed by atoms with Gasteiger partial charge in [0.25, 0.3) is 0 Å². The number of hydrogen-bond acceptors (Lipinski definition) is 6. The number of pyridine rings is 2. The van der Waals surface area contributed by atoms with Gasteiger partial charge < -0.3 is 24.3 Å². The Labute approximate surface area is 201 Å². The first-order valence-corrected chi connectivity index (χ1v) is 11.6. The van der Waals surface area contributed by atoms with E-state index >= 15 is 0 Å². The van der Waals surface area contributed by atoms with Gasteiger partial charge in [0.05, 0.1) is 40.9 Å². The smallest absolute Gasteiger partial charge is 0.307 e. The summed E-state index contributed by atoms with van der Waals surface area (Å²) in [7, 11) is 3.26. The number of fused-ring (bicyclic) bond motifs is 5. The molecular weight excluding hydrogens is 448 g/mol. The van der Waals surface area contributed by atoms with E-state index in [1.54, 1.807) is 38.5 Å². The van der Waals surface area contributed by atoms with Crippen LogP contribution in [0.3, 0.4) is 0 Å². The Bertz CT molecular complexity index is 1570. The van der Waals surface area contributed by atoms with Crippen LogP contribution in [0.5, 0.6) is 11.5 Å². The number of ether oxygens (including phenoxy) is 2. The van der Waals surface area contributed by atoms with E-state index in [1.807, 2.05) is 30.3 Å². The third-order valence-electron chi connectivity index (χ3n) is 7.32. The molecule has 2 aromatic heterocycles. The molecular formula is C27H28N2O6. The van der Waals surface area contributed by atoms with E-state index in [1.165, 1.54) is 7.11 Å². The summed E-state index contributed by atoms with van der Waals surface area (Å²) in [6.45, 7) is 5.33. The molecule has 8 heteroatoms. The van der Waals surface area contributed by atoms with Gasteiger partial charge in [-0.05, 0) is 32.4 Å². The second-order valence-electron chi connectivity index (χ2n) is 9.68. The van der Waals surface area contributed by atoms with Crippen LogP contribution in [0.1, 0.15) is 38.9 Å². The maximum atomic E-state index is 13.8. The first kappa shape index (κ1) is 23.1. The van der Waals surface area contributed by atoms with Crippen LogP contribution in [0.15, 0.2) is 41.2 Å². The summed E-state index contributed by atoms with van der Waals surface area (Å²) in [5, 5.41) is 23.2. The molecule has 2 N–H and O–H groups in total. The number of aromatic nitrogens is 2. The van der Waals surface area contributed by atoms with Crippen LogP contribution in [-0.2, 0) is 11.8 Å². The molecule has 0 amide bonds. The molecule has 3 atom stereocenters. The number of methoxy groups -OCH3 is 1. The summed E-state index contributed by atoms with van der Waals surface area (Å²) in [6, 6.07) is 11.0. The van der Waals surface area contributed by atoms with Crippen molar-refractivity contribution < 1.29 is 24.5 Å². The van der Waals surface area contributed by atoms with Gasteiger partial charge in [-0.25, -0.2) is 4.98 Å². The topological polar surface area (TPSA) is 111 Å². The first-order chi connectivity index (χ1) is 16.6. The van der Waals surface area contributed by atoms with Crippen LogP contribution in [0.2, 0.25) is 0 Å². The van der Waals surface area contributed by atoms with E-state index in [4.69, 9.17) is 14.5 Å². The number of benzene rings is 2. The maximum Gasteiger partial charge on any atom is 0.307 e. The zero-order valence-electron chi connectivity index (χ0n) is 20.3. The Hall–Kier alpha value is -3.65. The number of aliphatic hydroxyl groups excluding tert-OH is 1. The summed E-state index contributed by atoms with van der Waals surface area (Å²) in [6.07, 6.45) is -0.866. The summed E-state index contributed by atoms with van der Waals surface area (Å²) < 4.78 is 13.7. The fourth-order valence-electron chi connectivity index (χ4n) is 5.70. The molecule has 0 bridgehead atoms. The number of carbonyl (C=O) groups is 1. The zero-order chi connectivity index (χ0) is 25.2. The molecule has 0 aliphatic carbocycles. The lowest BCUT2D eigenvalue weighted by atomic mass is 9.71. The molecule has 1 unspecified atom stereocenters. The van der Waals surface area contributed by atoms with Crippen LogP contribution in [0.4, 0.5) is 0 Å². The van der Waals surface area contributed by atoms with Gasteiger partial charge in [-0.2, -0.15) is 0 Å². The number of aryl methyl sites for hydroxylation is 1. The fourth-order valence-corrected chi connectivity index (χ4v) is 5.70. The average Bonchev–Trinajstić information content (AvgIpc) is 2.82. The Kier molecular flexibility index (Phi) is 5.25. The van der Waals surface area contributed by atoms with E-state index in [2.05, 4.69) is 0 Å². The zero-order valence-corrected chi connectivity index (χ0v) is 20.3. The quantitative estimate of drug-likeness (QED) is 0.425. The minimum Gasteiger partial charge on any atom is -0.496 e. The number of hydrogen-bond donors (Lipinski definition) is 2. The van der Waals surface area contributed by atoms with E-state index in [0.717, 1.165) is 10.9 Å².